The first kappa shape index (κ1) is 21.0. The number of aromatic nitrogens is 2. The third kappa shape index (κ3) is 4.83. The number of aryl methyl sites for hydroxylation is 1. The molecule has 1 saturated heterocycles. The second-order valence-electron chi connectivity index (χ2n) is 8.09. The van der Waals surface area contributed by atoms with E-state index >= 15 is 0 Å². The quantitative estimate of drug-likeness (QED) is 0.764. The van der Waals surface area contributed by atoms with Crippen LogP contribution in [0.25, 0.3) is 0 Å². The maximum absolute atomic E-state index is 14.4. The van der Waals surface area contributed by atoms with Crippen molar-refractivity contribution < 1.29 is 14.0 Å². The van der Waals surface area contributed by atoms with Gasteiger partial charge in [-0.15, -0.1) is 0 Å². The van der Waals surface area contributed by atoms with E-state index in [0.29, 0.717) is 37.4 Å². The zero-order valence-corrected chi connectivity index (χ0v) is 17.6. The van der Waals surface area contributed by atoms with Crippen molar-refractivity contribution in [1.82, 2.24) is 9.78 Å². The summed E-state index contributed by atoms with van der Waals surface area (Å²) < 4.78 is 16.4. The lowest BCUT2D eigenvalue weighted by atomic mass is 10.1. The minimum absolute atomic E-state index is 0.0653. The van der Waals surface area contributed by atoms with Crippen molar-refractivity contribution in [3.05, 3.63) is 41.0 Å². The van der Waals surface area contributed by atoms with Gasteiger partial charge in [0.2, 0.25) is 11.8 Å². The predicted octanol–water partition coefficient (Wildman–Crippen LogP) is 3.99. The van der Waals surface area contributed by atoms with Gasteiger partial charge in [0.05, 0.1) is 11.4 Å². The molecule has 1 N–H and O–H groups in total. The number of benzene rings is 1. The summed E-state index contributed by atoms with van der Waals surface area (Å²) in [6.07, 6.45) is 2.07. The molecule has 2 amide bonds. The largest absolute Gasteiger partial charge is 0.326 e. The molecule has 1 fully saturated rings. The predicted molar refractivity (Wildman–Crippen MR) is 111 cm³/mol. The molecule has 0 aliphatic carbocycles. The van der Waals surface area contributed by atoms with Crippen LogP contribution < -0.4 is 10.2 Å². The van der Waals surface area contributed by atoms with E-state index in [1.807, 2.05) is 18.5 Å². The number of halogens is 1. The molecule has 1 aromatic carbocycles. The number of carbonyl (C=O) groups is 2. The van der Waals surface area contributed by atoms with E-state index in [1.54, 1.807) is 12.1 Å². The minimum atomic E-state index is -0.500. The van der Waals surface area contributed by atoms with Crippen molar-refractivity contribution in [3.8, 4) is 0 Å². The molecule has 7 heteroatoms. The fourth-order valence-corrected chi connectivity index (χ4v) is 3.79. The number of carbonyl (C=O) groups excluding carboxylic acids is 2. The van der Waals surface area contributed by atoms with Crippen LogP contribution in [0.3, 0.4) is 0 Å². The number of nitrogens with one attached hydrogen (secondary N) is 1. The van der Waals surface area contributed by atoms with Crippen LogP contribution >= 0.6 is 0 Å². The summed E-state index contributed by atoms with van der Waals surface area (Å²) in [4.78, 5) is 25.6. The lowest BCUT2D eigenvalue weighted by Crippen LogP contribution is -2.24. The standard InChI is InChI=1S/C22H29FN4O2/c1-14(2)13-27-16(4)18(15(3)25-27)8-10-21(28)24-17-7-9-20(19(23)12-17)26-11-5-6-22(26)29/h7,9,12,14H,5-6,8,10-11,13H2,1-4H3,(H,24,28). The van der Waals surface area contributed by atoms with E-state index in [1.165, 1.54) is 11.0 Å². The van der Waals surface area contributed by atoms with Crippen molar-refractivity contribution in [2.24, 2.45) is 5.92 Å². The molecule has 1 aliphatic rings. The summed E-state index contributed by atoms with van der Waals surface area (Å²) in [7, 11) is 0. The van der Waals surface area contributed by atoms with Gasteiger partial charge in [0.25, 0.3) is 0 Å². The molecular weight excluding hydrogens is 371 g/mol. The molecule has 0 atom stereocenters. The first-order chi connectivity index (χ1) is 13.8. The average Bonchev–Trinajstić information content (AvgIpc) is 3.17. The smallest absolute Gasteiger partial charge is 0.227 e. The maximum Gasteiger partial charge on any atom is 0.227 e. The minimum Gasteiger partial charge on any atom is -0.326 e. The number of rotatable bonds is 7. The van der Waals surface area contributed by atoms with Gasteiger partial charge in [0, 0.05) is 37.3 Å². The molecule has 0 spiro atoms. The first-order valence-electron chi connectivity index (χ1n) is 10.2. The Labute approximate surface area is 171 Å². The summed E-state index contributed by atoms with van der Waals surface area (Å²) in [6, 6.07) is 4.47. The van der Waals surface area contributed by atoms with Crippen LogP contribution in [0.2, 0.25) is 0 Å². The number of amides is 2. The van der Waals surface area contributed by atoms with E-state index in [4.69, 9.17) is 0 Å². The van der Waals surface area contributed by atoms with Crippen LogP contribution in [0.15, 0.2) is 18.2 Å². The summed E-state index contributed by atoms with van der Waals surface area (Å²) in [5.74, 6) is -0.244. The fourth-order valence-electron chi connectivity index (χ4n) is 3.79. The van der Waals surface area contributed by atoms with Gasteiger partial charge in [-0.2, -0.15) is 5.10 Å². The molecule has 156 valence electrons. The second-order valence-corrected chi connectivity index (χ2v) is 8.09. The van der Waals surface area contributed by atoms with Crippen LogP contribution in [0.5, 0.6) is 0 Å². The Bertz CT molecular complexity index is 920. The molecule has 2 heterocycles. The SMILES string of the molecule is Cc1nn(CC(C)C)c(C)c1CCC(=O)Nc1ccc(N2CCCC2=O)c(F)c1. The summed E-state index contributed by atoms with van der Waals surface area (Å²) in [5, 5.41) is 7.33. The highest BCUT2D eigenvalue weighted by Gasteiger charge is 2.24. The van der Waals surface area contributed by atoms with E-state index in [2.05, 4.69) is 24.3 Å². The van der Waals surface area contributed by atoms with Crippen LogP contribution in [0.4, 0.5) is 15.8 Å². The van der Waals surface area contributed by atoms with E-state index in [9.17, 15) is 14.0 Å². The Hall–Kier alpha value is -2.70. The maximum atomic E-state index is 14.4. The van der Waals surface area contributed by atoms with Crippen LogP contribution in [0, 0.1) is 25.6 Å². The molecule has 3 rings (SSSR count). The molecule has 0 saturated carbocycles. The number of hydrogen-bond donors (Lipinski definition) is 1. The Morgan fingerprint density at radius 1 is 1.31 bits per heavy atom. The van der Waals surface area contributed by atoms with Crippen LogP contribution in [-0.4, -0.2) is 28.1 Å². The highest BCUT2D eigenvalue weighted by Crippen LogP contribution is 2.27. The molecule has 0 unspecified atom stereocenters. The normalized spacial score (nSPS) is 14.1. The van der Waals surface area contributed by atoms with Gasteiger partial charge >= 0.3 is 0 Å². The third-order valence-electron chi connectivity index (χ3n) is 5.27. The summed E-state index contributed by atoms with van der Waals surface area (Å²) >= 11 is 0. The number of hydrogen-bond acceptors (Lipinski definition) is 3. The van der Waals surface area contributed by atoms with Gasteiger partial charge < -0.3 is 10.2 Å². The van der Waals surface area contributed by atoms with Gasteiger partial charge in [-0.05, 0) is 56.4 Å². The molecule has 1 aromatic heterocycles. The molecule has 0 radical (unpaired) electrons. The Kier molecular flexibility index (Phi) is 6.35. The first-order valence-corrected chi connectivity index (χ1v) is 10.2. The van der Waals surface area contributed by atoms with Crippen molar-refractivity contribution in [1.29, 1.82) is 0 Å². The van der Waals surface area contributed by atoms with Crippen LogP contribution in [-0.2, 0) is 22.6 Å². The third-order valence-corrected chi connectivity index (χ3v) is 5.27. The van der Waals surface area contributed by atoms with E-state index < -0.39 is 5.82 Å². The van der Waals surface area contributed by atoms with Crippen molar-refractivity contribution in [2.75, 3.05) is 16.8 Å². The highest BCUT2D eigenvalue weighted by molar-refractivity contribution is 5.96. The number of nitrogens with zero attached hydrogens (tertiary/aromatic N) is 3. The molecule has 6 nitrogen and oxygen atoms in total. The molecule has 0 bridgehead atoms. The topological polar surface area (TPSA) is 67.2 Å². The van der Waals surface area contributed by atoms with Crippen molar-refractivity contribution in [3.63, 3.8) is 0 Å². The van der Waals surface area contributed by atoms with Crippen LogP contribution in [0.1, 0.15) is 50.1 Å². The van der Waals surface area contributed by atoms with Crippen molar-refractivity contribution in [2.45, 2.75) is 59.9 Å². The molecule has 2 aromatic rings. The highest BCUT2D eigenvalue weighted by atomic mass is 19.1. The monoisotopic (exact) mass is 400 g/mol. The average molecular weight is 400 g/mol. The Morgan fingerprint density at radius 2 is 2.07 bits per heavy atom. The van der Waals surface area contributed by atoms with Gasteiger partial charge in [-0.3, -0.25) is 14.3 Å². The Morgan fingerprint density at radius 3 is 2.69 bits per heavy atom. The Balaban J connectivity index is 1.61. The van der Waals surface area contributed by atoms with Gasteiger partial charge in [-0.1, -0.05) is 13.8 Å². The number of anilines is 2. The molecule has 29 heavy (non-hydrogen) atoms. The lowest BCUT2D eigenvalue weighted by molar-refractivity contribution is -0.117. The molecule has 1 aliphatic heterocycles. The van der Waals surface area contributed by atoms with Gasteiger partial charge in [0.15, 0.2) is 0 Å². The fraction of sp³-hybridized carbons (Fsp3) is 0.500. The summed E-state index contributed by atoms with van der Waals surface area (Å²) in [5.41, 5.74) is 3.80. The zero-order valence-electron chi connectivity index (χ0n) is 17.6. The summed E-state index contributed by atoms with van der Waals surface area (Å²) in [6.45, 7) is 9.67. The van der Waals surface area contributed by atoms with Gasteiger partial charge in [0.1, 0.15) is 5.82 Å². The zero-order chi connectivity index (χ0) is 21.1. The second kappa shape index (κ2) is 8.76. The molecular formula is C22H29FN4O2. The lowest BCUT2D eigenvalue weighted by Gasteiger charge is -2.17. The van der Waals surface area contributed by atoms with E-state index in [-0.39, 0.29) is 17.5 Å². The van der Waals surface area contributed by atoms with Gasteiger partial charge in [-0.25, -0.2) is 4.39 Å². The van der Waals surface area contributed by atoms with Crippen molar-refractivity contribution >= 4 is 23.2 Å². The van der Waals surface area contributed by atoms with E-state index in [0.717, 1.165) is 29.9 Å².